The van der Waals surface area contributed by atoms with Crippen LogP contribution in [0, 0.1) is 12.7 Å². The van der Waals surface area contributed by atoms with Gasteiger partial charge in [-0.25, -0.2) is 9.18 Å². The summed E-state index contributed by atoms with van der Waals surface area (Å²) < 4.78 is 13.8. The lowest BCUT2D eigenvalue weighted by Gasteiger charge is -2.07. The first-order chi connectivity index (χ1) is 8.47. The molecular weight excluding hydrogens is 255 g/mol. The fraction of sp³-hybridized carbons (Fsp3) is 0.0714. The van der Waals surface area contributed by atoms with Crippen molar-refractivity contribution in [2.75, 3.05) is 0 Å². The largest absolute Gasteiger partial charge is 0.478 e. The van der Waals surface area contributed by atoms with Crippen LogP contribution in [0.5, 0.6) is 0 Å². The number of carbonyl (C=O) groups is 1. The number of aromatic carboxylic acids is 1. The summed E-state index contributed by atoms with van der Waals surface area (Å²) in [5.41, 5.74) is 1.77. The van der Waals surface area contributed by atoms with Crippen molar-refractivity contribution in [3.8, 4) is 11.1 Å². The maximum absolute atomic E-state index is 13.8. The zero-order valence-electron chi connectivity index (χ0n) is 9.58. The van der Waals surface area contributed by atoms with E-state index >= 15 is 0 Å². The van der Waals surface area contributed by atoms with Gasteiger partial charge in [0.05, 0.1) is 5.56 Å². The van der Waals surface area contributed by atoms with E-state index in [1.165, 1.54) is 18.2 Å². The molecule has 0 aromatic heterocycles. The van der Waals surface area contributed by atoms with Gasteiger partial charge in [-0.3, -0.25) is 0 Å². The van der Waals surface area contributed by atoms with Gasteiger partial charge in [0.15, 0.2) is 0 Å². The van der Waals surface area contributed by atoms with Crippen LogP contribution in [0.3, 0.4) is 0 Å². The molecule has 92 valence electrons. The van der Waals surface area contributed by atoms with Crippen molar-refractivity contribution in [3.63, 3.8) is 0 Å². The maximum atomic E-state index is 13.8. The third-order valence-corrected chi connectivity index (χ3v) is 2.80. The first kappa shape index (κ1) is 12.6. The van der Waals surface area contributed by atoms with Gasteiger partial charge in [0.1, 0.15) is 5.82 Å². The Balaban J connectivity index is 2.60. The first-order valence-electron chi connectivity index (χ1n) is 5.28. The summed E-state index contributed by atoms with van der Waals surface area (Å²) in [6.45, 7) is 1.77. The molecule has 0 unspecified atom stereocenters. The van der Waals surface area contributed by atoms with Crippen LogP contribution < -0.4 is 0 Å². The van der Waals surface area contributed by atoms with E-state index in [0.29, 0.717) is 16.1 Å². The van der Waals surface area contributed by atoms with Crippen LogP contribution in [-0.4, -0.2) is 11.1 Å². The maximum Gasteiger partial charge on any atom is 0.335 e. The summed E-state index contributed by atoms with van der Waals surface area (Å²) in [7, 11) is 0. The molecule has 2 aromatic rings. The highest BCUT2D eigenvalue weighted by Gasteiger charge is 2.10. The van der Waals surface area contributed by atoms with E-state index in [9.17, 15) is 9.18 Å². The van der Waals surface area contributed by atoms with Crippen LogP contribution in [0.2, 0.25) is 5.02 Å². The zero-order valence-corrected chi connectivity index (χ0v) is 10.3. The summed E-state index contributed by atoms with van der Waals surface area (Å²) in [6.07, 6.45) is 0. The molecule has 18 heavy (non-hydrogen) atoms. The number of benzene rings is 2. The predicted molar refractivity (Wildman–Crippen MR) is 68.5 cm³/mol. The average molecular weight is 265 g/mol. The summed E-state index contributed by atoms with van der Waals surface area (Å²) in [4.78, 5) is 11.0. The molecule has 0 aliphatic heterocycles. The molecule has 4 heteroatoms. The number of rotatable bonds is 2. The Bertz CT molecular complexity index is 623. The SMILES string of the molecule is Cc1cc(C(=O)O)cc(-c2ccc(Cl)cc2F)c1. The van der Waals surface area contributed by atoms with E-state index < -0.39 is 11.8 Å². The molecule has 2 aromatic carbocycles. The summed E-state index contributed by atoms with van der Waals surface area (Å²) in [5, 5.41) is 9.29. The number of carboxylic acids is 1. The van der Waals surface area contributed by atoms with Crippen LogP contribution in [0.4, 0.5) is 4.39 Å². The topological polar surface area (TPSA) is 37.3 Å². The number of hydrogen-bond donors (Lipinski definition) is 1. The lowest BCUT2D eigenvalue weighted by Crippen LogP contribution is -1.97. The van der Waals surface area contributed by atoms with E-state index in [-0.39, 0.29) is 5.56 Å². The molecular formula is C14H10ClFO2. The molecule has 1 N–H and O–H groups in total. The number of aryl methyl sites for hydroxylation is 1. The van der Waals surface area contributed by atoms with Crippen molar-refractivity contribution in [3.05, 3.63) is 58.4 Å². The Morgan fingerprint density at radius 3 is 2.56 bits per heavy atom. The van der Waals surface area contributed by atoms with E-state index in [0.717, 1.165) is 5.56 Å². The van der Waals surface area contributed by atoms with Crippen LogP contribution in [0.1, 0.15) is 15.9 Å². The van der Waals surface area contributed by atoms with Crippen LogP contribution in [-0.2, 0) is 0 Å². The third-order valence-electron chi connectivity index (χ3n) is 2.57. The molecule has 0 radical (unpaired) electrons. The Morgan fingerprint density at radius 1 is 1.22 bits per heavy atom. The van der Waals surface area contributed by atoms with Crippen molar-refractivity contribution in [2.45, 2.75) is 6.92 Å². The van der Waals surface area contributed by atoms with Crippen molar-refractivity contribution >= 4 is 17.6 Å². The lowest BCUT2D eigenvalue weighted by molar-refractivity contribution is 0.0697. The fourth-order valence-corrected chi connectivity index (χ4v) is 1.94. The van der Waals surface area contributed by atoms with Gasteiger partial charge in [-0.1, -0.05) is 17.7 Å². The quantitative estimate of drug-likeness (QED) is 0.885. The van der Waals surface area contributed by atoms with E-state index in [1.54, 1.807) is 25.1 Å². The Labute approximate surface area is 109 Å². The molecule has 0 bridgehead atoms. The lowest BCUT2D eigenvalue weighted by atomic mass is 10.00. The zero-order chi connectivity index (χ0) is 13.3. The highest BCUT2D eigenvalue weighted by atomic mass is 35.5. The normalized spacial score (nSPS) is 10.4. The Morgan fingerprint density at radius 2 is 1.94 bits per heavy atom. The van der Waals surface area contributed by atoms with Crippen molar-refractivity contribution in [2.24, 2.45) is 0 Å². The number of carboxylic acid groups (broad SMARTS) is 1. The monoisotopic (exact) mass is 264 g/mol. The van der Waals surface area contributed by atoms with Crippen LogP contribution in [0.15, 0.2) is 36.4 Å². The smallest absolute Gasteiger partial charge is 0.335 e. The van der Waals surface area contributed by atoms with Gasteiger partial charge in [0.2, 0.25) is 0 Å². The summed E-state index contributed by atoms with van der Waals surface area (Å²) in [5.74, 6) is -1.50. The summed E-state index contributed by atoms with van der Waals surface area (Å²) >= 11 is 5.68. The van der Waals surface area contributed by atoms with E-state index in [4.69, 9.17) is 16.7 Å². The number of halogens is 2. The predicted octanol–water partition coefficient (Wildman–Crippen LogP) is 4.15. The van der Waals surface area contributed by atoms with Gasteiger partial charge in [0, 0.05) is 10.6 Å². The van der Waals surface area contributed by atoms with Gasteiger partial charge in [0.25, 0.3) is 0 Å². The van der Waals surface area contributed by atoms with Crippen LogP contribution >= 0.6 is 11.6 Å². The van der Waals surface area contributed by atoms with Gasteiger partial charge in [-0.15, -0.1) is 0 Å². The first-order valence-corrected chi connectivity index (χ1v) is 5.65. The molecule has 0 spiro atoms. The second kappa shape index (κ2) is 4.78. The van der Waals surface area contributed by atoms with Crippen molar-refractivity contribution < 1.29 is 14.3 Å². The standard InChI is InChI=1S/C14H10ClFO2/c1-8-4-9(6-10(5-8)14(17)18)12-3-2-11(15)7-13(12)16/h2-7H,1H3,(H,17,18). The van der Waals surface area contributed by atoms with Gasteiger partial charge < -0.3 is 5.11 Å². The second-order valence-electron chi connectivity index (χ2n) is 4.02. The molecule has 2 nitrogen and oxygen atoms in total. The van der Waals surface area contributed by atoms with Gasteiger partial charge >= 0.3 is 5.97 Å². The molecule has 0 aliphatic rings. The minimum Gasteiger partial charge on any atom is -0.478 e. The molecule has 0 aliphatic carbocycles. The molecule has 0 saturated heterocycles. The van der Waals surface area contributed by atoms with Crippen molar-refractivity contribution in [1.82, 2.24) is 0 Å². The van der Waals surface area contributed by atoms with E-state index in [2.05, 4.69) is 0 Å². The van der Waals surface area contributed by atoms with Gasteiger partial charge in [-0.05, 0) is 48.4 Å². The minimum absolute atomic E-state index is 0.138. The summed E-state index contributed by atoms with van der Waals surface area (Å²) in [6, 6.07) is 9.04. The molecule has 0 fully saturated rings. The fourth-order valence-electron chi connectivity index (χ4n) is 1.79. The Kier molecular flexibility index (Phi) is 3.34. The number of hydrogen-bond acceptors (Lipinski definition) is 1. The third kappa shape index (κ3) is 2.51. The Hall–Kier alpha value is -1.87. The van der Waals surface area contributed by atoms with Crippen LogP contribution in [0.25, 0.3) is 11.1 Å². The van der Waals surface area contributed by atoms with Crippen molar-refractivity contribution in [1.29, 1.82) is 0 Å². The minimum atomic E-state index is -1.03. The highest BCUT2D eigenvalue weighted by Crippen LogP contribution is 2.27. The molecule has 0 atom stereocenters. The highest BCUT2D eigenvalue weighted by molar-refractivity contribution is 6.30. The van der Waals surface area contributed by atoms with E-state index in [1.807, 2.05) is 0 Å². The van der Waals surface area contributed by atoms with Gasteiger partial charge in [-0.2, -0.15) is 0 Å². The molecule has 0 amide bonds. The second-order valence-corrected chi connectivity index (χ2v) is 4.45. The molecule has 0 saturated carbocycles. The molecule has 2 rings (SSSR count). The average Bonchev–Trinajstić information content (AvgIpc) is 2.27. The molecule has 0 heterocycles.